The molecule has 2 heterocycles. The van der Waals surface area contributed by atoms with Gasteiger partial charge in [0.05, 0.1) is 19.6 Å². The molecule has 0 spiro atoms. The topological polar surface area (TPSA) is 81.4 Å². The number of aryl methyl sites for hydroxylation is 2. The third kappa shape index (κ3) is 4.37. The Balaban J connectivity index is 1.82. The van der Waals surface area contributed by atoms with E-state index in [0.29, 0.717) is 23.4 Å². The Morgan fingerprint density at radius 2 is 1.87 bits per heavy atom. The lowest BCUT2D eigenvalue weighted by molar-refractivity contribution is -0.144. The Morgan fingerprint density at radius 3 is 2.43 bits per heavy atom. The van der Waals surface area contributed by atoms with Crippen molar-refractivity contribution >= 4 is 11.7 Å². The first-order valence-corrected chi connectivity index (χ1v) is 9.37. The monoisotopic (exact) mass is 421 g/mol. The fraction of sp³-hybridized carbons (Fsp3) is 0.400. The number of carbonyl (C=O) groups excluding carboxylic acids is 1. The van der Waals surface area contributed by atoms with Crippen molar-refractivity contribution in [2.45, 2.75) is 45.8 Å². The zero-order valence-corrected chi connectivity index (χ0v) is 17.0. The SMILES string of the molecule is CCC(NC(=O)Cc1c(C)nc2nc(C(F)(F)F)nn2c1C)c1ccc(OC)cc1. The molecule has 1 aromatic carbocycles. The van der Waals surface area contributed by atoms with Crippen molar-refractivity contribution in [1.82, 2.24) is 24.9 Å². The van der Waals surface area contributed by atoms with Gasteiger partial charge in [-0.1, -0.05) is 19.1 Å². The molecule has 3 aromatic rings. The number of fused-ring (bicyclic) bond motifs is 1. The fourth-order valence-corrected chi connectivity index (χ4v) is 3.25. The molecule has 1 N–H and O–H groups in total. The molecule has 0 fully saturated rings. The molecule has 0 radical (unpaired) electrons. The number of aromatic nitrogens is 4. The Hall–Kier alpha value is -3.17. The van der Waals surface area contributed by atoms with Gasteiger partial charge in [0.2, 0.25) is 5.91 Å². The van der Waals surface area contributed by atoms with Crippen LogP contribution in [0.2, 0.25) is 0 Å². The van der Waals surface area contributed by atoms with Crippen LogP contribution in [0.25, 0.3) is 5.78 Å². The average molecular weight is 421 g/mol. The van der Waals surface area contributed by atoms with Gasteiger partial charge in [-0.3, -0.25) is 4.79 Å². The first kappa shape index (κ1) is 21.5. The second-order valence-corrected chi connectivity index (χ2v) is 6.88. The molecule has 160 valence electrons. The van der Waals surface area contributed by atoms with E-state index in [1.807, 2.05) is 31.2 Å². The minimum atomic E-state index is -4.67. The highest BCUT2D eigenvalue weighted by Crippen LogP contribution is 2.27. The smallest absolute Gasteiger partial charge is 0.453 e. The van der Waals surface area contributed by atoms with Gasteiger partial charge in [0.25, 0.3) is 11.6 Å². The molecule has 1 unspecified atom stereocenters. The van der Waals surface area contributed by atoms with Gasteiger partial charge >= 0.3 is 6.18 Å². The molecule has 3 rings (SSSR count). The number of amides is 1. The molecule has 0 aliphatic carbocycles. The zero-order valence-electron chi connectivity index (χ0n) is 17.0. The highest BCUT2D eigenvalue weighted by atomic mass is 19.4. The molecule has 30 heavy (non-hydrogen) atoms. The van der Waals surface area contributed by atoms with Gasteiger partial charge < -0.3 is 10.1 Å². The number of methoxy groups -OCH3 is 1. The fourth-order valence-electron chi connectivity index (χ4n) is 3.25. The van der Waals surface area contributed by atoms with Gasteiger partial charge in [0.1, 0.15) is 5.75 Å². The van der Waals surface area contributed by atoms with E-state index in [1.54, 1.807) is 21.0 Å². The van der Waals surface area contributed by atoms with Crippen molar-refractivity contribution in [3.05, 3.63) is 52.6 Å². The van der Waals surface area contributed by atoms with E-state index in [1.165, 1.54) is 0 Å². The highest BCUT2D eigenvalue weighted by Gasteiger charge is 2.37. The summed E-state index contributed by atoms with van der Waals surface area (Å²) >= 11 is 0. The third-order valence-corrected chi connectivity index (χ3v) is 4.90. The summed E-state index contributed by atoms with van der Waals surface area (Å²) in [7, 11) is 1.58. The average Bonchev–Trinajstić information content (AvgIpc) is 3.14. The number of hydrogen-bond donors (Lipinski definition) is 1. The van der Waals surface area contributed by atoms with Gasteiger partial charge in [-0.15, -0.1) is 5.10 Å². The van der Waals surface area contributed by atoms with Crippen molar-refractivity contribution in [3.8, 4) is 5.75 Å². The minimum Gasteiger partial charge on any atom is -0.497 e. The van der Waals surface area contributed by atoms with Crippen LogP contribution in [0.3, 0.4) is 0 Å². The van der Waals surface area contributed by atoms with Crippen LogP contribution in [-0.4, -0.2) is 32.6 Å². The first-order chi connectivity index (χ1) is 14.1. The predicted molar refractivity (Wildman–Crippen MR) is 103 cm³/mol. The summed E-state index contributed by atoms with van der Waals surface area (Å²) in [6, 6.07) is 7.19. The molecule has 1 amide bonds. The van der Waals surface area contributed by atoms with E-state index < -0.39 is 12.0 Å². The second kappa shape index (κ2) is 8.29. The maximum atomic E-state index is 12.9. The largest absolute Gasteiger partial charge is 0.497 e. The van der Waals surface area contributed by atoms with Gasteiger partial charge in [0.15, 0.2) is 0 Å². The van der Waals surface area contributed by atoms with Crippen LogP contribution in [0.4, 0.5) is 13.2 Å². The predicted octanol–water partition coefficient (Wildman–Crippen LogP) is 3.58. The summed E-state index contributed by atoms with van der Waals surface area (Å²) in [6.07, 6.45) is -4.03. The Labute approximate surface area is 171 Å². The minimum absolute atomic E-state index is 0.0333. The van der Waals surface area contributed by atoms with Crippen molar-refractivity contribution in [2.75, 3.05) is 7.11 Å². The molecule has 0 saturated carbocycles. The summed E-state index contributed by atoms with van der Waals surface area (Å²) < 4.78 is 44.9. The van der Waals surface area contributed by atoms with Crippen LogP contribution in [0.15, 0.2) is 24.3 Å². The van der Waals surface area contributed by atoms with Gasteiger partial charge in [-0.25, -0.2) is 9.50 Å². The van der Waals surface area contributed by atoms with E-state index in [2.05, 4.69) is 20.4 Å². The molecule has 10 heteroatoms. The molecular formula is C20H22F3N5O2. The highest BCUT2D eigenvalue weighted by molar-refractivity contribution is 5.79. The normalized spacial score (nSPS) is 12.8. The van der Waals surface area contributed by atoms with Crippen LogP contribution >= 0.6 is 0 Å². The summed E-state index contributed by atoms with van der Waals surface area (Å²) in [5.41, 5.74) is 2.28. The molecular weight excluding hydrogens is 399 g/mol. The third-order valence-electron chi connectivity index (χ3n) is 4.90. The first-order valence-electron chi connectivity index (χ1n) is 9.37. The van der Waals surface area contributed by atoms with Crippen molar-refractivity contribution in [3.63, 3.8) is 0 Å². The Bertz CT molecular complexity index is 1060. The van der Waals surface area contributed by atoms with Crippen LogP contribution in [0.5, 0.6) is 5.75 Å². The van der Waals surface area contributed by atoms with Gasteiger partial charge in [-0.2, -0.15) is 18.2 Å². The maximum absolute atomic E-state index is 12.9. The summed E-state index contributed by atoms with van der Waals surface area (Å²) in [5.74, 6) is -0.950. The standard InChI is InChI=1S/C20H22F3N5O2/c1-5-16(13-6-8-14(30-4)9-7-13)25-17(29)10-15-11(2)24-19-26-18(20(21,22)23)27-28(19)12(15)3/h6-9,16H,5,10H2,1-4H3,(H,25,29). The van der Waals surface area contributed by atoms with Crippen molar-refractivity contribution in [1.29, 1.82) is 0 Å². The summed E-state index contributed by atoms with van der Waals surface area (Å²) in [6.45, 7) is 5.19. The van der Waals surface area contributed by atoms with Crippen LogP contribution in [-0.2, 0) is 17.4 Å². The number of ether oxygens (including phenoxy) is 1. The molecule has 2 aromatic heterocycles. The van der Waals surface area contributed by atoms with Crippen LogP contribution < -0.4 is 10.1 Å². The number of halogens is 3. The number of carbonyl (C=O) groups is 1. The molecule has 7 nitrogen and oxygen atoms in total. The van der Waals surface area contributed by atoms with Crippen LogP contribution in [0, 0.1) is 13.8 Å². The van der Waals surface area contributed by atoms with E-state index in [4.69, 9.17) is 4.74 Å². The number of nitrogens with zero attached hydrogens (tertiary/aromatic N) is 4. The molecule has 0 saturated heterocycles. The molecule has 0 bridgehead atoms. The number of hydrogen-bond acceptors (Lipinski definition) is 5. The van der Waals surface area contributed by atoms with Gasteiger partial charge in [-0.05, 0) is 38.0 Å². The van der Waals surface area contributed by atoms with E-state index in [9.17, 15) is 18.0 Å². The lowest BCUT2D eigenvalue weighted by Crippen LogP contribution is -2.30. The Morgan fingerprint density at radius 1 is 1.20 bits per heavy atom. The Kier molecular flexibility index (Phi) is 5.95. The van der Waals surface area contributed by atoms with E-state index in [0.717, 1.165) is 15.8 Å². The van der Waals surface area contributed by atoms with Crippen molar-refractivity contribution < 1.29 is 22.7 Å². The lowest BCUT2D eigenvalue weighted by atomic mass is 10.0. The van der Waals surface area contributed by atoms with E-state index in [-0.39, 0.29) is 24.1 Å². The number of rotatable bonds is 6. The number of nitrogens with one attached hydrogen (secondary N) is 1. The maximum Gasteiger partial charge on any atom is 0.453 e. The second-order valence-electron chi connectivity index (χ2n) is 6.88. The number of benzene rings is 1. The molecule has 0 aliphatic heterocycles. The quantitative estimate of drug-likeness (QED) is 0.658. The van der Waals surface area contributed by atoms with E-state index >= 15 is 0 Å². The molecule has 0 aliphatic rings. The zero-order chi connectivity index (χ0) is 22.1. The summed E-state index contributed by atoms with van der Waals surface area (Å²) in [4.78, 5) is 20.2. The van der Waals surface area contributed by atoms with Crippen LogP contribution in [0.1, 0.15) is 47.7 Å². The lowest BCUT2D eigenvalue weighted by Gasteiger charge is -2.18. The number of alkyl halides is 3. The summed E-state index contributed by atoms with van der Waals surface area (Å²) in [5, 5.41) is 6.48. The van der Waals surface area contributed by atoms with Crippen molar-refractivity contribution in [2.24, 2.45) is 0 Å². The molecule has 1 atom stereocenters. The van der Waals surface area contributed by atoms with Gasteiger partial charge in [0, 0.05) is 17.0 Å².